The number of nitrogens with zero attached hydrogens (tertiary/aromatic N) is 3. The molecule has 3 rings (SSSR count). The van der Waals surface area contributed by atoms with Crippen molar-refractivity contribution in [1.82, 2.24) is 19.4 Å². The summed E-state index contributed by atoms with van der Waals surface area (Å²) in [5, 5.41) is 4.30. The van der Waals surface area contributed by atoms with Gasteiger partial charge in [-0.1, -0.05) is 0 Å². The van der Waals surface area contributed by atoms with Crippen molar-refractivity contribution in [3.63, 3.8) is 0 Å². The summed E-state index contributed by atoms with van der Waals surface area (Å²) in [6, 6.07) is 0. The van der Waals surface area contributed by atoms with Crippen LogP contribution in [0.1, 0.15) is 25.3 Å². The number of hydrogen-bond donors (Lipinski definition) is 1. The van der Waals surface area contributed by atoms with Gasteiger partial charge in [0, 0.05) is 44.5 Å². The first-order chi connectivity index (χ1) is 10.9. The third kappa shape index (κ3) is 4.32. The summed E-state index contributed by atoms with van der Waals surface area (Å²) in [6.07, 6.45) is 7.25. The molecule has 1 spiro atoms. The molecule has 130 valence electrons. The zero-order valence-electron chi connectivity index (χ0n) is 13.9. The Bertz CT molecular complexity index is 627. The smallest absolute Gasteiger partial charge is 0.208 e. The second-order valence-electron chi connectivity index (χ2n) is 6.87. The molecule has 1 atom stereocenters. The molecular weight excluding hydrogens is 316 g/mol. The van der Waals surface area contributed by atoms with Crippen LogP contribution in [0.2, 0.25) is 0 Å². The van der Waals surface area contributed by atoms with Crippen LogP contribution in [0.25, 0.3) is 0 Å². The maximum atomic E-state index is 11.1. The van der Waals surface area contributed by atoms with Crippen LogP contribution in [0.3, 0.4) is 0 Å². The molecule has 1 aromatic rings. The lowest BCUT2D eigenvalue weighted by molar-refractivity contribution is -0.181. The third-order valence-corrected chi connectivity index (χ3v) is 5.40. The van der Waals surface area contributed by atoms with Gasteiger partial charge in [-0.25, -0.2) is 13.1 Å². The minimum atomic E-state index is -3.11. The van der Waals surface area contributed by atoms with Gasteiger partial charge in [-0.05, 0) is 25.7 Å². The summed E-state index contributed by atoms with van der Waals surface area (Å²) in [7, 11) is -3.11. The molecule has 8 heteroatoms. The van der Waals surface area contributed by atoms with Gasteiger partial charge in [-0.15, -0.1) is 0 Å². The summed E-state index contributed by atoms with van der Waals surface area (Å²) >= 11 is 0. The van der Waals surface area contributed by atoms with E-state index in [1.165, 1.54) is 11.8 Å². The van der Waals surface area contributed by atoms with Crippen LogP contribution in [0.4, 0.5) is 0 Å². The van der Waals surface area contributed by atoms with E-state index in [-0.39, 0.29) is 11.5 Å². The number of ether oxygens (including phenoxy) is 1. The van der Waals surface area contributed by atoms with Gasteiger partial charge in [-0.3, -0.25) is 9.58 Å². The highest BCUT2D eigenvalue weighted by Crippen LogP contribution is 2.36. The minimum absolute atomic E-state index is 0.0116. The average Bonchev–Trinajstić information content (AvgIpc) is 2.92. The summed E-state index contributed by atoms with van der Waals surface area (Å²) in [4.78, 5) is 2.38. The topological polar surface area (TPSA) is 76.5 Å². The van der Waals surface area contributed by atoms with Crippen LogP contribution in [-0.4, -0.2) is 61.2 Å². The van der Waals surface area contributed by atoms with Gasteiger partial charge < -0.3 is 4.74 Å². The highest BCUT2D eigenvalue weighted by Gasteiger charge is 2.46. The predicted octanol–water partition coefficient (Wildman–Crippen LogP) is 0.433. The Labute approximate surface area is 138 Å². The van der Waals surface area contributed by atoms with Crippen LogP contribution in [-0.2, 0) is 27.8 Å². The van der Waals surface area contributed by atoms with Gasteiger partial charge in [-0.2, -0.15) is 5.10 Å². The van der Waals surface area contributed by atoms with Crippen LogP contribution < -0.4 is 4.72 Å². The predicted molar refractivity (Wildman–Crippen MR) is 87.4 cm³/mol. The van der Waals surface area contributed by atoms with E-state index >= 15 is 0 Å². The van der Waals surface area contributed by atoms with E-state index in [2.05, 4.69) is 27.8 Å². The molecule has 3 heterocycles. The first-order valence-electron chi connectivity index (χ1n) is 8.20. The van der Waals surface area contributed by atoms with Gasteiger partial charge in [0.25, 0.3) is 0 Å². The zero-order chi connectivity index (χ0) is 16.5. The molecule has 1 N–H and O–H groups in total. The molecule has 7 nitrogen and oxygen atoms in total. The van der Waals surface area contributed by atoms with Crippen LogP contribution in [0.5, 0.6) is 0 Å². The Morgan fingerprint density at radius 3 is 2.83 bits per heavy atom. The lowest BCUT2D eigenvalue weighted by Gasteiger charge is -2.52. The van der Waals surface area contributed by atoms with Gasteiger partial charge in [0.05, 0.1) is 24.7 Å². The molecule has 0 aromatic carbocycles. The van der Waals surface area contributed by atoms with E-state index in [1.807, 2.05) is 10.9 Å². The lowest BCUT2D eigenvalue weighted by Crippen LogP contribution is -2.64. The second kappa shape index (κ2) is 6.51. The fourth-order valence-corrected chi connectivity index (χ4v) is 3.94. The first kappa shape index (κ1) is 16.9. The molecule has 2 saturated heterocycles. The van der Waals surface area contributed by atoms with Crippen LogP contribution >= 0.6 is 0 Å². The Hall–Kier alpha value is -0.960. The normalized spacial score (nSPS) is 24.7. The number of sulfonamides is 1. The molecule has 1 aromatic heterocycles. The first-order valence-corrected chi connectivity index (χ1v) is 10.1. The van der Waals surface area contributed by atoms with Crippen molar-refractivity contribution in [2.24, 2.45) is 5.92 Å². The number of nitrogens with one attached hydrogen (secondary N) is 1. The molecular formula is C15H26N4O3S. The highest BCUT2D eigenvalue weighted by atomic mass is 32.2. The largest absolute Gasteiger partial charge is 0.372 e. The maximum absolute atomic E-state index is 11.1. The Morgan fingerprint density at radius 2 is 2.26 bits per heavy atom. The van der Waals surface area contributed by atoms with Gasteiger partial charge in [0.1, 0.15) is 0 Å². The summed E-state index contributed by atoms with van der Waals surface area (Å²) < 4.78 is 32.9. The molecule has 0 radical (unpaired) electrons. The van der Waals surface area contributed by atoms with Gasteiger partial charge >= 0.3 is 0 Å². The zero-order valence-corrected chi connectivity index (χ0v) is 14.7. The SMILES string of the molecule is CCn1cc(CN2CC3(CCC(CNS(C)(=O)=O)CO3)C2)cn1. The molecule has 0 saturated carbocycles. The fraction of sp³-hybridized carbons (Fsp3) is 0.800. The van der Waals surface area contributed by atoms with Crippen molar-refractivity contribution in [3.8, 4) is 0 Å². The maximum Gasteiger partial charge on any atom is 0.208 e. The molecule has 0 aliphatic carbocycles. The second-order valence-corrected chi connectivity index (χ2v) is 8.70. The van der Waals surface area contributed by atoms with Crippen molar-refractivity contribution in [2.45, 2.75) is 38.5 Å². The molecule has 2 fully saturated rings. The quantitative estimate of drug-likeness (QED) is 0.811. The molecule has 2 aliphatic rings. The Kier molecular flexibility index (Phi) is 4.78. The highest BCUT2D eigenvalue weighted by molar-refractivity contribution is 7.88. The lowest BCUT2D eigenvalue weighted by atomic mass is 9.83. The van der Waals surface area contributed by atoms with Gasteiger partial charge in [0.2, 0.25) is 10.0 Å². The van der Waals surface area contributed by atoms with Crippen molar-refractivity contribution in [1.29, 1.82) is 0 Å². The van der Waals surface area contributed by atoms with E-state index in [0.717, 1.165) is 39.0 Å². The van der Waals surface area contributed by atoms with Crippen molar-refractivity contribution in [2.75, 3.05) is 32.5 Å². The van der Waals surface area contributed by atoms with E-state index < -0.39 is 10.0 Å². The van der Waals surface area contributed by atoms with Crippen molar-refractivity contribution >= 4 is 10.0 Å². The standard InChI is InChI=1S/C15H26N4O3S/c1-3-19-9-14(6-16-19)8-18-11-15(12-18)5-4-13(10-22-15)7-17-23(2,20)21/h6,9,13,17H,3-5,7-8,10-12H2,1-2H3. The summed E-state index contributed by atoms with van der Waals surface area (Å²) in [6.45, 7) is 6.94. The average molecular weight is 342 g/mol. The minimum Gasteiger partial charge on any atom is -0.372 e. The number of aryl methyl sites for hydroxylation is 1. The molecule has 1 unspecified atom stereocenters. The number of likely N-dealkylation sites (tertiary alicyclic amines) is 1. The molecule has 2 aliphatic heterocycles. The number of rotatable bonds is 6. The van der Waals surface area contributed by atoms with Crippen molar-refractivity contribution < 1.29 is 13.2 Å². The van der Waals surface area contributed by atoms with Gasteiger partial charge in [0.15, 0.2) is 0 Å². The molecule has 0 amide bonds. The Morgan fingerprint density at radius 1 is 1.48 bits per heavy atom. The summed E-state index contributed by atoms with van der Waals surface area (Å²) in [5.41, 5.74) is 1.23. The number of aromatic nitrogens is 2. The number of hydrogen-bond acceptors (Lipinski definition) is 5. The van der Waals surface area contributed by atoms with E-state index in [4.69, 9.17) is 4.74 Å². The van der Waals surface area contributed by atoms with Crippen molar-refractivity contribution in [3.05, 3.63) is 18.0 Å². The molecule has 23 heavy (non-hydrogen) atoms. The van der Waals surface area contributed by atoms with Crippen LogP contribution in [0.15, 0.2) is 12.4 Å². The van der Waals surface area contributed by atoms with Crippen LogP contribution in [0, 0.1) is 5.92 Å². The molecule has 0 bridgehead atoms. The fourth-order valence-electron chi connectivity index (χ4n) is 3.40. The Balaban J connectivity index is 1.41. The monoisotopic (exact) mass is 342 g/mol. The van der Waals surface area contributed by atoms with E-state index in [9.17, 15) is 8.42 Å². The van der Waals surface area contributed by atoms with E-state index in [1.54, 1.807) is 0 Å². The third-order valence-electron chi connectivity index (χ3n) is 4.71. The van der Waals surface area contributed by atoms with E-state index in [0.29, 0.717) is 13.2 Å². The summed E-state index contributed by atoms with van der Waals surface area (Å²) in [5.74, 6) is 0.284.